The van der Waals surface area contributed by atoms with E-state index in [1.54, 1.807) is 6.08 Å². The standard InChI is InChI=1S/C19H25IN2O4/c20-14-3-1-2-4-16(14)26-17-10-13(19(25)21-7-8-23)9-15(18(17)24)22-11-12-5-6-12/h1-4,10,12,15,17-18,22-24H,5-9,11H2,(H,21,25)/t15-,17+,18+/m1/s1. The van der Waals surface area contributed by atoms with Crippen molar-refractivity contribution < 1.29 is 19.7 Å². The van der Waals surface area contributed by atoms with Gasteiger partial charge in [0.2, 0.25) is 5.91 Å². The van der Waals surface area contributed by atoms with Crippen molar-refractivity contribution >= 4 is 28.5 Å². The lowest BCUT2D eigenvalue weighted by Crippen LogP contribution is -2.52. The quantitative estimate of drug-likeness (QED) is 0.427. The Morgan fingerprint density at radius 1 is 1.31 bits per heavy atom. The van der Waals surface area contributed by atoms with Crippen LogP contribution in [0.4, 0.5) is 0 Å². The minimum atomic E-state index is -0.737. The van der Waals surface area contributed by atoms with Crippen LogP contribution in [0.5, 0.6) is 5.75 Å². The summed E-state index contributed by atoms with van der Waals surface area (Å²) in [5.74, 6) is 1.14. The Morgan fingerprint density at radius 2 is 2.08 bits per heavy atom. The van der Waals surface area contributed by atoms with E-state index in [1.807, 2.05) is 24.3 Å². The molecule has 6 nitrogen and oxygen atoms in total. The Morgan fingerprint density at radius 3 is 2.77 bits per heavy atom. The Balaban J connectivity index is 1.75. The van der Waals surface area contributed by atoms with Crippen LogP contribution >= 0.6 is 22.6 Å². The van der Waals surface area contributed by atoms with Crippen molar-refractivity contribution in [2.45, 2.75) is 37.5 Å². The molecule has 1 fully saturated rings. The van der Waals surface area contributed by atoms with E-state index < -0.39 is 12.2 Å². The second kappa shape index (κ2) is 9.16. The van der Waals surface area contributed by atoms with Gasteiger partial charge in [0.05, 0.1) is 10.2 Å². The van der Waals surface area contributed by atoms with Crippen LogP contribution in [-0.4, -0.2) is 54.1 Å². The van der Waals surface area contributed by atoms with Crippen LogP contribution in [0, 0.1) is 9.49 Å². The number of benzene rings is 1. The van der Waals surface area contributed by atoms with Gasteiger partial charge < -0.3 is 25.6 Å². The highest BCUT2D eigenvalue weighted by molar-refractivity contribution is 14.1. The Bertz CT molecular complexity index is 663. The van der Waals surface area contributed by atoms with Crippen molar-refractivity contribution in [2.75, 3.05) is 19.7 Å². The van der Waals surface area contributed by atoms with E-state index in [0.717, 1.165) is 10.1 Å². The van der Waals surface area contributed by atoms with Gasteiger partial charge >= 0.3 is 0 Å². The summed E-state index contributed by atoms with van der Waals surface area (Å²) in [6.07, 6.45) is 3.24. The first-order chi connectivity index (χ1) is 12.6. The molecule has 2 aliphatic rings. The average molecular weight is 472 g/mol. The van der Waals surface area contributed by atoms with Gasteiger partial charge in [0.15, 0.2) is 0 Å². The number of para-hydroxylation sites is 1. The highest BCUT2D eigenvalue weighted by Gasteiger charge is 2.36. The molecule has 0 unspecified atom stereocenters. The molecule has 0 saturated heterocycles. The molecular formula is C19H25IN2O4. The molecule has 142 valence electrons. The molecule has 1 aromatic rings. The molecule has 4 N–H and O–H groups in total. The van der Waals surface area contributed by atoms with E-state index in [4.69, 9.17) is 9.84 Å². The van der Waals surface area contributed by atoms with Gasteiger partial charge in [-0.05, 0) is 72.5 Å². The molecule has 0 heterocycles. The van der Waals surface area contributed by atoms with Gasteiger partial charge in [0.1, 0.15) is 18.0 Å². The van der Waals surface area contributed by atoms with Crippen LogP contribution in [0.15, 0.2) is 35.9 Å². The maximum atomic E-state index is 12.4. The third-order valence-electron chi connectivity index (χ3n) is 4.71. The van der Waals surface area contributed by atoms with Crippen molar-refractivity contribution in [1.82, 2.24) is 10.6 Å². The van der Waals surface area contributed by atoms with Gasteiger partial charge in [-0.2, -0.15) is 0 Å². The fourth-order valence-corrected chi connectivity index (χ4v) is 3.54. The third kappa shape index (κ3) is 5.18. The number of aliphatic hydroxyl groups excluding tert-OH is 2. The second-order valence-electron chi connectivity index (χ2n) is 6.84. The van der Waals surface area contributed by atoms with Crippen LogP contribution < -0.4 is 15.4 Å². The summed E-state index contributed by atoms with van der Waals surface area (Å²) < 4.78 is 6.98. The number of carbonyl (C=O) groups is 1. The van der Waals surface area contributed by atoms with Gasteiger partial charge in [-0.1, -0.05) is 12.1 Å². The van der Waals surface area contributed by atoms with Crippen LogP contribution in [0.25, 0.3) is 0 Å². The van der Waals surface area contributed by atoms with E-state index in [9.17, 15) is 9.90 Å². The number of halogens is 1. The first-order valence-electron chi connectivity index (χ1n) is 9.01. The molecule has 0 bridgehead atoms. The number of aliphatic hydroxyl groups is 2. The first-order valence-corrected chi connectivity index (χ1v) is 10.1. The predicted molar refractivity (Wildman–Crippen MR) is 107 cm³/mol. The molecule has 0 aromatic heterocycles. The van der Waals surface area contributed by atoms with Crippen LogP contribution in [0.2, 0.25) is 0 Å². The van der Waals surface area contributed by atoms with Crippen molar-refractivity contribution in [3.63, 3.8) is 0 Å². The molecule has 0 spiro atoms. The largest absolute Gasteiger partial charge is 0.482 e. The zero-order valence-electron chi connectivity index (χ0n) is 14.5. The number of rotatable bonds is 8. The number of hydrogen-bond acceptors (Lipinski definition) is 5. The van der Waals surface area contributed by atoms with Crippen molar-refractivity contribution in [1.29, 1.82) is 0 Å². The van der Waals surface area contributed by atoms with E-state index in [1.165, 1.54) is 12.8 Å². The third-order valence-corrected chi connectivity index (χ3v) is 5.60. The molecule has 26 heavy (non-hydrogen) atoms. The molecular weight excluding hydrogens is 447 g/mol. The molecule has 3 rings (SSSR count). The number of ether oxygens (including phenoxy) is 1. The summed E-state index contributed by atoms with van der Waals surface area (Å²) in [6.45, 7) is 0.955. The Hall–Kier alpha value is -1.16. The molecule has 0 aliphatic heterocycles. The van der Waals surface area contributed by atoms with Crippen LogP contribution in [0.3, 0.4) is 0 Å². The number of hydrogen-bond donors (Lipinski definition) is 4. The molecule has 3 atom stereocenters. The van der Waals surface area contributed by atoms with Gasteiger partial charge in [-0.3, -0.25) is 4.79 Å². The smallest absolute Gasteiger partial charge is 0.247 e. The van der Waals surface area contributed by atoms with Crippen molar-refractivity contribution in [3.05, 3.63) is 39.5 Å². The number of carbonyl (C=O) groups excluding carboxylic acids is 1. The summed E-state index contributed by atoms with van der Waals surface area (Å²) >= 11 is 2.19. The first kappa shape index (κ1) is 19.6. The monoisotopic (exact) mass is 472 g/mol. The van der Waals surface area contributed by atoms with Crippen molar-refractivity contribution in [2.24, 2.45) is 5.92 Å². The van der Waals surface area contributed by atoms with E-state index in [2.05, 4.69) is 33.2 Å². The van der Waals surface area contributed by atoms with Crippen LogP contribution in [-0.2, 0) is 4.79 Å². The highest BCUT2D eigenvalue weighted by Crippen LogP contribution is 2.30. The summed E-state index contributed by atoms with van der Waals surface area (Å²) in [7, 11) is 0. The fourth-order valence-electron chi connectivity index (χ4n) is 3.03. The minimum absolute atomic E-state index is 0.104. The molecule has 2 aliphatic carbocycles. The van der Waals surface area contributed by atoms with Crippen molar-refractivity contribution in [3.8, 4) is 5.75 Å². The SMILES string of the molecule is O=C(NCCO)C1=C[C@H](Oc2ccccc2I)[C@@H](O)[C@H](NCC2CC2)C1. The van der Waals surface area contributed by atoms with E-state index >= 15 is 0 Å². The average Bonchev–Trinajstić information content (AvgIpc) is 3.46. The number of amides is 1. The second-order valence-corrected chi connectivity index (χ2v) is 8.00. The maximum Gasteiger partial charge on any atom is 0.247 e. The van der Waals surface area contributed by atoms with Gasteiger partial charge in [0, 0.05) is 18.2 Å². The lowest BCUT2D eigenvalue weighted by molar-refractivity contribution is -0.118. The molecule has 7 heteroatoms. The molecule has 1 aromatic carbocycles. The normalized spacial score (nSPS) is 25.5. The topological polar surface area (TPSA) is 90.8 Å². The van der Waals surface area contributed by atoms with E-state index in [-0.39, 0.29) is 25.1 Å². The van der Waals surface area contributed by atoms with Crippen LogP contribution in [0.1, 0.15) is 19.3 Å². The highest BCUT2D eigenvalue weighted by atomic mass is 127. The Kier molecular flexibility index (Phi) is 6.91. The summed E-state index contributed by atoms with van der Waals surface area (Å²) in [6, 6.07) is 7.37. The fraction of sp³-hybridized carbons (Fsp3) is 0.526. The lowest BCUT2D eigenvalue weighted by atomic mass is 9.89. The maximum absolute atomic E-state index is 12.4. The zero-order valence-corrected chi connectivity index (χ0v) is 16.7. The van der Waals surface area contributed by atoms with Gasteiger partial charge in [0.25, 0.3) is 0 Å². The minimum Gasteiger partial charge on any atom is -0.482 e. The Labute approximate surface area is 167 Å². The zero-order chi connectivity index (χ0) is 18.5. The summed E-state index contributed by atoms with van der Waals surface area (Å²) in [5, 5.41) is 25.8. The molecule has 1 amide bonds. The summed E-state index contributed by atoms with van der Waals surface area (Å²) in [5.41, 5.74) is 0.577. The lowest BCUT2D eigenvalue weighted by Gasteiger charge is -2.34. The molecule has 1 saturated carbocycles. The van der Waals surface area contributed by atoms with Gasteiger partial charge in [-0.25, -0.2) is 0 Å². The predicted octanol–water partition coefficient (Wildman–Crippen LogP) is 1.21. The molecule has 0 radical (unpaired) electrons. The summed E-state index contributed by atoms with van der Waals surface area (Å²) in [4.78, 5) is 12.4. The van der Waals surface area contributed by atoms with Gasteiger partial charge in [-0.15, -0.1) is 0 Å². The van der Waals surface area contributed by atoms with E-state index in [0.29, 0.717) is 23.7 Å². The number of nitrogens with one attached hydrogen (secondary N) is 2.